The quantitative estimate of drug-likeness (QED) is 0.653. The Morgan fingerprint density at radius 2 is 2.05 bits per heavy atom. The summed E-state index contributed by atoms with van der Waals surface area (Å²) in [7, 11) is 1.43. The van der Waals surface area contributed by atoms with Gasteiger partial charge in [-0.05, 0) is 23.8 Å². The van der Waals surface area contributed by atoms with E-state index in [0.717, 1.165) is 25.7 Å². The molecule has 8 nitrogen and oxygen atoms in total. The molecule has 0 aliphatic heterocycles. The highest BCUT2D eigenvalue weighted by molar-refractivity contribution is 5.95. The number of amides is 1. The molecule has 0 radical (unpaired) electrons. The minimum absolute atomic E-state index is 0.109. The molecule has 1 N–H and O–H groups in total. The van der Waals surface area contributed by atoms with Crippen molar-refractivity contribution in [1.29, 1.82) is 0 Å². The number of carbonyl (C=O) groups is 2. The van der Waals surface area contributed by atoms with Crippen LogP contribution < -0.4 is 0 Å². The SMILES string of the molecule is Cn1c(C(=O)N(CC(=O)O)C2CCCC2)ccc1[N+](=O)[O-]. The van der Waals surface area contributed by atoms with Gasteiger partial charge in [-0.2, -0.15) is 0 Å². The molecule has 21 heavy (non-hydrogen) atoms. The van der Waals surface area contributed by atoms with E-state index in [4.69, 9.17) is 5.11 Å². The van der Waals surface area contributed by atoms with Gasteiger partial charge < -0.3 is 20.1 Å². The number of carboxylic acid groups (broad SMARTS) is 1. The Kier molecular flexibility index (Phi) is 4.25. The molecule has 1 aromatic heterocycles. The first kappa shape index (κ1) is 15.0. The van der Waals surface area contributed by atoms with Crippen LogP contribution in [-0.2, 0) is 11.8 Å². The molecule has 0 unspecified atom stereocenters. The van der Waals surface area contributed by atoms with Gasteiger partial charge in [-0.25, -0.2) is 4.57 Å². The van der Waals surface area contributed by atoms with Crippen LogP contribution in [0, 0.1) is 10.1 Å². The summed E-state index contributed by atoms with van der Waals surface area (Å²) >= 11 is 0. The summed E-state index contributed by atoms with van der Waals surface area (Å²) in [4.78, 5) is 35.1. The van der Waals surface area contributed by atoms with E-state index in [2.05, 4.69) is 0 Å². The lowest BCUT2D eigenvalue weighted by molar-refractivity contribution is -0.391. The zero-order valence-electron chi connectivity index (χ0n) is 11.7. The van der Waals surface area contributed by atoms with Crippen molar-refractivity contribution < 1.29 is 19.6 Å². The van der Waals surface area contributed by atoms with Crippen molar-refractivity contribution in [3.05, 3.63) is 27.9 Å². The van der Waals surface area contributed by atoms with Crippen LogP contribution in [0.25, 0.3) is 0 Å². The van der Waals surface area contributed by atoms with Crippen molar-refractivity contribution >= 4 is 17.7 Å². The molecule has 1 aromatic rings. The van der Waals surface area contributed by atoms with Crippen molar-refractivity contribution in [2.24, 2.45) is 7.05 Å². The van der Waals surface area contributed by atoms with E-state index < -0.39 is 16.8 Å². The Balaban J connectivity index is 2.29. The normalized spacial score (nSPS) is 15.1. The molecule has 1 fully saturated rings. The second kappa shape index (κ2) is 5.94. The maximum atomic E-state index is 12.5. The molecule has 1 amide bonds. The van der Waals surface area contributed by atoms with E-state index in [9.17, 15) is 19.7 Å². The molecule has 8 heteroatoms. The van der Waals surface area contributed by atoms with Crippen LogP contribution in [0.3, 0.4) is 0 Å². The number of carboxylic acids is 1. The Morgan fingerprint density at radius 3 is 2.52 bits per heavy atom. The van der Waals surface area contributed by atoms with Gasteiger partial charge in [0.25, 0.3) is 5.91 Å². The Labute approximate surface area is 121 Å². The summed E-state index contributed by atoms with van der Waals surface area (Å²) in [6, 6.07) is 2.51. The van der Waals surface area contributed by atoms with E-state index >= 15 is 0 Å². The predicted octanol–water partition coefficient (Wildman–Crippen LogP) is 1.40. The van der Waals surface area contributed by atoms with Crippen LogP contribution in [0.4, 0.5) is 5.82 Å². The van der Waals surface area contributed by atoms with Gasteiger partial charge in [0, 0.05) is 12.1 Å². The molecule has 0 aromatic carbocycles. The molecule has 0 atom stereocenters. The van der Waals surface area contributed by atoms with Gasteiger partial charge in [0.15, 0.2) is 5.69 Å². The molecular weight excluding hydrogens is 278 g/mol. The lowest BCUT2D eigenvalue weighted by Crippen LogP contribution is -2.42. The maximum Gasteiger partial charge on any atom is 0.323 e. The van der Waals surface area contributed by atoms with Crippen molar-refractivity contribution in [2.75, 3.05) is 6.54 Å². The molecule has 1 aliphatic carbocycles. The van der Waals surface area contributed by atoms with Gasteiger partial charge in [-0.3, -0.25) is 9.59 Å². The average Bonchev–Trinajstić information content (AvgIpc) is 3.04. The van der Waals surface area contributed by atoms with Crippen molar-refractivity contribution in [2.45, 2.75) is 31.7 Å². The average molecular weight is 295 g/mol. The summed E-state index contributed by atoms with van der Waals surface area (Å²) < 4.78 is 1.19. The third-order valence-corrected chi connectivity index (χ3v) is 3.83. The summed E-state index contributed by atoms with van der Waals surface area (Å²) in [5.41, 5.74) is 0.134. The molecule has 0 saturated heterocycles. The fourth-order valence-electron chi connectivity index (χ4n) is 2.77. The van der Waals surface area contributed by atoms with E-state index in [1.807, 2.05) is 0 Å². The fourth-order valence-corrected chi connectivity index (χ4v) is 2.77. The maximum absolute atomic E-state index is 12.5. The van der Waals surface area contributed by atoms with Crippen molar-refractivity contribution in [3.8, 4) is 0 Å². The van der Waals surface area contributed by atoms with E-state index in [1.165, 1.54) is 28.6 Å². The summed E-state index contributed by atoms with van der Waals surface area (Å²) in [5.74, 6) is -1.75. The van der Waals surface area contributed by atoms with E-state index in [1.54, 1.807) is 0 Å². The lowest BCUT2D eigenvalue weighted by Gasteiger charge is -2.26. The zero-order chi connectivity index (χ0) is 15.6. The predicted molar refractivity (Wildman–Crippen MR) is 73.0 cm³/mol. The summed E-state index contributed by atoms with van der Waals surface area (Å²) in [6.07, 6.45) is 3.46. The first-order valence-electron chi connectivity index (χ1n) is 6.74. The number of nitro groups is 1. The molecule has 2 rings (SSSR count). The van der Waals surface area contributed by atoms with Gasteiger partial charge in [0.1, 0.15) is 6.54 Å². The molecule has 0 spiro atoms. The first-order valence-corrected chi connectivity index (χ1v) is 6.74. The number of hydrogen-bond acceptors (Lipinski definition) is 4. The minimum atomic E-state index is -1.08. The summed E-state index contributed by atoms with van der Waals surface area (Å²) in [5, 5.41) is 19.8. The Morgan fingerprint density at radius 1 is 1.43 bits per heavy atom. The highest BCUT2D eigenvalue weighted by Crippen LogP contribution is 2.26. The number of hydrogen-bond donors (Lipinski definition) is 1. The molecular formula is C13H17N3O5. The second-order valence-corrected chi connectivity index (χ2v) is 5.16. The Hall–Kier alpha value is -2.38. The first-order chi connectivity index (χ1) is 9.91. The number of aromatic nitrogens is 1. The molecule has 1 heterocycles. The highest BCUT2D eigenvalue weighted by Gasteiger charge is 2.32. The monoisotopic (exact) mass is 295 g/mol. The van der Waals surface area contributed by atoms with Gasteiger partial charge in [-0.1, -0.05) is 12.8 Å². The van der Waals surface area contributed by atoms with Crippen LogP contribution in [0.1, 0.15) is 36.2 Å². The molecule has 114 valence electrons. The topological polar surface area (TPSA) is 106 Å². The van der Waals surface area contributed by atoms with Gasteiger partial charge >= 0.3 is 11.8 Å². The third kappa shape index (κ3) is 3.04. The summed E-state index contributed by atoms with van der Waals surface area (Å²) in [6.45, 7) is -0.386. The van der Waals surface area contributed by atoms with Gasteiger partial charge in [0.05, 0.1) is 7.05 Å². The highest BCUT2D eigenvalue weighted by atomic mass is 16.6. The van der Waals surface area contributed by atoms with Crippen LogP contribution in [-0.4, -0.2) is 44.0 Å². The van der Waals surface area contributed by atoms with Crippen molar-refractivity contribution in [3.63, 3.8) is 0 Å². The zero-order valence-corrected chi connectivity index (χ0v) is 11.7. The van der Waals surface area contributed by atoms with Crippen LogP contribution in [0.5, 0.6) is 0 Å². The van der Waals surface area contributed by atoms with Gasteiger partial charge in [-0.15, -0.1) is 0 Å². The number of nitrogens with zero attached hydrogens (tertiary/aromatic N) is 3. The van der Waals surface area contributed by atoms with Gasteiger partial charge in [0.2, 0.25) is 0 Å². The lowest BCUT2D eigenvalue weighted by atomic mass is 10.2. The van der Waals surface area contributed by atoms with Crippen molar-refractivity contribution in [1.82, 2.24) is 9.47 Å². The minimum Gasteiger partial charge on any atom is -0.480 e. The van der Waals surface area contributed by atoms with E-state index in [-0.39, 0.29) is 24.1 Å². The van der Waals surface area contributed by atoms with Crippen LogP contribution in [0.2, 0.25) is 0 Å². The van der Waals surface area contributed by atoms with Crippen LogP contribution >= 0.6 is 0 Å². The number of carbonyl (C=O) groups excluding carboxylic acids is 1. The number of aliphatic carboxylic acids is 1. The molecule has 1 aliphatic rings. The Bertz CT molecular complexity index is 574. The number of rotatable bonds is 5. The third-order valence-electron chi connectivity index (χ3n) is 3.83. The molecule has 0 bridgehead atoms. The second-order valence-electron chi connectivity index (χ2n) is 5.16. The smallest absolute Gasteiger partial charge is 0.323 e. The largest absolute Gasteiger partial charge is 0.480 e. The van der Waals surface area contributed by atoms with E-state index in [0.29, 0.717) is 0 Å². The fraction of sp³-hybridized carbons (Fsp3) is 0.538. The van der Waals surface area contributed by atoms with Crippen LogP contribution in [0.15, 0.2) is 12.1 Å². The standard InChI is InChI=1S/C13H17N3O5/c1-14-10(6-7-11(14)16(20)21)13(19)15(8-12(17)18)9-4-2-3-5-9/h6-7,9H,2-5,8H2,1H3,(H,17,18). The molecule has 1 saturated carbocycles.